The van der Waals surface area contributed by atoms with E-state index in [0.717, 1.165) is 36.0 Å². The number of aliphatic hydroxyl groups excluding tert-OH is 1. The van der Waals surface area contributed by atoms with Gasteiger partial charge in [0.2, 0.25) is 0 Å². The van der Waals surface area contributed by atoms with E-state index in [4.69, 9.17) is 0 Å². The summed E-state index contributed by atoms with van der Waals surface area (Å²) in [6, 6.07) is 0. The van der Waals surface area contributed by atoms with Crippen LogP contribution in [0.4, 0.5) is 0 Å². The van der Waals surface area contributed by atoms with Crippen molar-refractivity contribution < 1.29 is 5.11 Å². The Kier molecular flexibility index (Phi) is 3.20. The molecule has 5 aliphatic rings. The van der Waals surface area contributed by atoms with Gasteiger partial charge in [0.1, 0.15) is 0 Å². The minimum absolute atomic E-state index is 0.0182. The summed E-state index contributed by atoms with van der Waals surface area (Å²) in [4.78, 5) is 0. The summed E-state index contributed by atoms with van der Waals surface area (Å²) in [5.41, 5.74) is 0.851. The molecule has 0 bridgehead atoms. The van der Waals surface area contributed by atoms with E-state index >= 15 is 0 Å². The van der Waals surface area contributed by atoms with E-state index in [1.807, 2.05) is 0 Å². The third-order valence-corrected chi connectivity index (χ3v) is 11.4. The molecule has 5 rings (SSSR count). The van der Waals surface area contributed by atoms with Crippen molar-refractivity contribution in [1.29, 1.82) is 0 Å². The summed E-state index contributed by atoms with van der Waals surface area (Å²) in [5.74, 6) is 6.05. The van der Waals surface area contributed by atoms with Gasteiger partial charge < -0.3 is 5.11 Å². The van der Waals surface area contributed by atoms with Crippen molar-refractivity contribution in [2.75, 3.05) is 5.75 Å². The summed E-state index contributed by atoms with van der Waals surface area (Å²) in [6.45, 7) is 7.65. The van der Waals surface area contributed by atoms with Gasteiger partial charge in [-0.2, -0.15) is 11.8 Å². The third-order valence-electron chi connectivity index (χ3n) is 9.77. The fourth-order valence-electron chi connectivity index (χ4n) is 8.12. The highest BCUT2D eigenvalue weighted by molar-refractivity contribution is 8.07. The average molecular weight is 335 g/mol. The Morgan fingerprint density at radius 3 is 2.39 bits per heavy atom. The second kappa shape index (κ2) is 4.72. The lowest BCUT2D eigenvalue weighted by molar-refractivity contribution is -0.129. The summed E-state index contributed by atoms with van der Waals surface area (Å²) in [7, 11) is 0. The molecule has 1 heterocycles. The maximum absolute atomic E-state index is 10.6. The molecule has 0 amide bonds. The van der Waals surface area contributed by atoms with Crippen LogP contribution in [-0.2, 0) is 0 Å². The van der Waals surface area contributed by atoms with E-state index in [2.05, 4.69) is 32.5 Å². The average Bonchev–Trinajstić information content (AvgIpc) is 3.22. The Morgan fingerprint density at radius 2 is 1.65 bits per heavy atom. The molecule has 4 aliphatic carbocycles. The molecule has 2 heteroatoms. The first kappa shape index (κ1) is 15.6. The van der Waals surface area contributed by atoms with E-state index in [0.29, 0.717) is 10.2 Å². The Labute approximate surface area is 146 Å². The van der Waals surface area contributed by atoms with Crippen LogP contribution in [-0.4, -0.2) is 21.7 Å². The zero-order chi connectivity index (χ0) is 16.0. The molecule has 0 aromatic carbocycles. The minimum atomic E-state index is -0.0182. The molecular formula is C21H34OS. The molecule has 0 unspecified atom stereocenters. The van der Waals surface area contributed by atoms with Gasteiger partial charge in [-0.25, -0.2) is 0 Å². The normalized spacial score (nSPS) is 64.2. The van der Waals surface area contributed by atoms with Crippen LogP contribution < -0.4 is 0 Å². The van der Waals surface area contributed by atoms with Gasteiger partial charge in [-0.05, 0) is 91.8 Å². The zero-order valence-corrected chi connectivity index (χ0v) is 16.0. The van der Waals surface area contributed by atoms with Crippen molar-refractivity contribution in [3.63, 3.8) is 0 Å². The highest BCUT2D eigenvalue weighted by Gasteiger charge is 2.64. The van der Waals surface area contributed by atoms with Crippen molar-refractivity contribution in [2.24, 2.45) is 40.4 Å². The molecule has 1 aliphatic heterocycles. The Bertz CT molecular complexity index is 514. The molecule has 130 valence electrons. The largest absolute Gasteiger partial charge is 0.393 e. The number of hydrogen-bond acceptors (Lipinski definition) is 2. The SMILES string of the molecule is C[C@@H]1C[C@@]2(C)[C@H](CC[C@H]3[C@@H]2CC[C@]2(C)[C@H](O)CC[C@@H]32)C[C@]12CS2. The van der Waals surface area contributed by atoms with E-state index in [1.165, 1.54) is 50.7 Å². The van der Waals surface area contributed by atoms with Gasteiger partial charge in [-0.15, -0.1) is 0 Å². The number of hydrogen-bond donors (Lipinski definition) is 1. The van der Waals surface area contributed by atoms with Crippen molar-refractivity contribution in [3.8, 4) is 0 Å². The standard InChI is InChI=1S/C21H34OS/c1-13-10-20(3)14(11-21(13)12-23-21)4-5-15-16-6-7-18(22)19(16,2)9-8-17(15)20/h13-18,22H,4-12H2,1-3H3/t13-,14-,15-,16+,17+,18-,19+,20+,21+/m1/s1. The number of thioether (sulfide) groups is 1. The van der Waals surface area contributed by atoms with Gasteiger partial charge in [-0.1, -0.05) is 20.8 Å². The predicted octanol–water partition coefficient (Wildman–Crippen LogP) is 5.12. The molecule has 1 N–H and O–H groups in total. The van der Waals surface area contributed by atoms with Gasteiger partial charge in [0.15, 0.2) is 0 Å². The van der Waals surface area contributed by atoms with Gasteiger partial charge in [0, 0.05) is 10.5 Å². The first-order valence-electron chi connectivity index (χ1n) is 10.2. The number of rotatable bonds is 0. The Balaban J connectivity index is 1.45. The molecule has 1 nitrogen and oxygen atoms in total. The second-order valence-corrected chi connectivity index (χ2v) is 11.8. The van der Waals surface area contributed by atoms with Gasteiger partial charge in [0.25, 0.3) is 0 Å². The lowest BCUT2D eigenvalue weighted by atomic mass is 9.43. The second-order valence-electron chi connectivity index (χ2n) is 10.5. The van der Waals surface area contributed by atoms with Crippen LogP contribution in [0.25, 0.3) is 0 Å². The van der Waals surface area contributed by atoms with Gasteiger partial charge in [-0.3, -0.25) is 0 Å². The van der Waals surface area contributed by atoms with Crippen molar-refractivity contribution >= 4 is 11.8 Å². The van der Waals surface area contributed by atoms with E-state index < -0.39 is 0 Å². The summed E-state index contributed by atoms with van der Waals surface area (Å²) >= 11 is 2.27. The topological polar surface area (TPSA) is 20.2 Å². The van der Waals surface area contributed by atoms with Crippen LogP contribution in [0.1, 0.15) is 72.1 Å². The van der Waals surface area contributed by atoms with Crippen LogP contribution in [0.5, 0.6) is 0 Å². The van der Waals surface area contributed by atoms with Crippen LogP contribution in [0, 0.1) is 40.4 Å². The zero-order valence-electron chi connectivity index (χ0n) is 15.2. The van der Waals surface area contributed by atoms with E-state index in [9.17, 15) is 5.11 Å². The maximum atomic E-state index is 10.6. The van der Waals surface area contributed by atoms with Gasteiger partial charge >= 0.3 is 0 Å². The van der Waals surface area contributed by atoms with Crippen LogP contribution in [0.15, 0.2) is 0 Å². The molecule has 1 saturated heterocycles. The van der Waals surface area contributed by atoms with Crippen molar-refractivity contribution in [3.05, 3.63) is 0 Å². The lowest BCUT2D eigenvalue weighted by Gasteiger charge is -2.62. The van der Waals surface area contributed by atoms with Gasteiger partial charge in [0.05, 0.1) is 6.10 Å². The molecular weight excluding hydrogens is 300 g/mol. The van der Waals surface area contributed by atoms with Crippen LogP contribution in [0.3, 0.4) is 0 Å². The van der Waals surface area contributed by atoms with E-state index in [-0.39, 0.29) is 11.5 Å². The molecule has 4 saturated carbocycles. The molecule has 9 atom stereocenters. The van der Waals surface area contributed by atoms with Crippen LogP contribution in [0.2, 0.25) is 0 Å². The summed E-state index contributed by atoms with van der Waals surface area (Å²) < 4.78 is 0.698. The molecule has 0 aromatic heterocycles. The highest BCUT2D eigenvalue weighted by Crippen LogP contribution is 2.71. The molecule has 5 fully saturated rings. The van der Waals surface area contributed by atoms with Crippen LogP contribution >= 0.6 is 11.8 Å². The fraction of sp³-hybridized carbons (Fsp3) is 1.00. The first-order chi connectivity index (χ1) is 10.9. The van der Waals surface area contributed by atoms with Crippen molar-refractivity contribution in [2.45, 2.75) is 83.0 Å². The molecule has 1 spiro atoms. The lowest BCUT2D eigenvalue weighted by Crippen LogP contribution is -2.56. The molecule has 0 radical (unpaired) electrons. The fourth-order valence-corrected chi connectivity index (χ4v) is 9.39. The monoisotopic (exact) mass is 334 g/mol. The Morgan fingerprint density at radius 1 is 0.913 bits per heavy atom. The number of fused-ring (bicyclic) bond motifs is 5. The maximum Gasteiger partial charge on any atom is 0.0596 e. The smallest absolute Gasteiger partial charge is 0.0596 e. The predicted molar refractivity (Wildman–Crippen MR) is 97.5 cm³/mol. The minimum Gasteiger partial charge on any atom is -0.393 e. The van der Waals surface area contributed by atoms with Crippen molar-refractivity contribution in [1.82, 2.24) is 0 Å². The summed E-state index contributed by atoms with van der Waals surface area (Å²) in [5, 5.41) is 10.6. The Hall–Kier alpha value is 0.310. The number of aliphatic hydroxyl groups is 1. The quantitative estimate of drug-likeness (QED) is 0.620. The molecule has 0 aromatic rings. The third kappa shape index (κ3) is 1.92. The first-order valence-corrected chi connectivity index (χ1v) is 11.2. The molecule has 23 heavy (non-hydrogen) atoms. The highest BCUT2D eigenvalue weighted by atomic mass is 32.2. The summed E-state index contributed by atoms with van der Waals surface area (Å²) in [6.07, 6.45) is 11.0. The van der Waals surface area contributed by atoms with E-state index in [1.54, 1.807) is 0 Å².